The van der Waals surface area contributed by atoms with Crippen LogP contribution in [0.1, 0.15) is 56.2 Å². The van der Waals surface area contributed by atoms with Gasteiger partial charge in [0.15, 0.2) is 7.75 Å². The molecule has 0 amide bonds. The Bertz CT molecular complexity index is 1140. The lowest BCUT2D eigenvalue weighted by Gasteiger charge is -2.66. The summed E-state index contributed by atoms with van der Waals surface area (Å²) in [6.45, 7) is 43.1. The fourth-order valence-electron chi connectivity index (χ4n) is 9.66. The Labute approximate surface area is 247 Å². The van der Waals surface area contributed by atoms with E-state index in [2.05, 4.69) is 165 Å². The average molecular weight is 626 g/mol. The molecule has 1 nitrogen and oxygen atoms in total. The summed E-state index contributed by atoms with van der Waals surface area (Å²) in [6, 6.07) is 19.0. The molecule has 0 saturated heterocycles. The average Bonchev–Trinajstić information content (AvgIpc) is 3.45. The number of para-hydroxylation sites is 1. The highest BCUT2D eigenvalue weighted by Gasteiger charge is 2.79. The smallest absolute Gasteiger partial charge is 0.184 e. The molecule has 7 heteroatoms. The van der Waals surface area contributed by atoms with Crippen molar-refractivity contribution >= 4 is 55.8 Å². The van der Waals surface area contributed by atoms with Gasteiger partial charge in [-0.15, -0.1) is 0 Å². The van der Waals surface area contributed by atoms with Gasteiger partial charge in [0.05, 0.1) is 6.14 Å². The maximum atomic E-state index is 3.34. The molecule has 3 rings (SSSR count). The Morgan fingerprint density at radius 1 is 0.564 bits per heavy atom. The first-order valence-corrected chi connectivity index (χ1v) is 37.3. The van der Waals surface area contributed by atoms with Crippen LogP contribution in [0.3, 0.4) is 0 Å². The van der Waals surface area contributed by atoms with Crippen LogP contribution in [0, 0.1) is 0 Å². The summed E-state index contributed by atoms with van der Waals surface area (Å²) < 4.78 is 3.34. The molecule has 0 unspecified atom stereocenters. The molecule has 2 aromatic rings. The van der Waals surface area contributed by atoms with Crippen LogP contribution in [-0.2, 0) is 0 Å². The lowest BCUT2D eigenvalue weighted by Crippen LogP contribution is -2.95. The van der Waals surface area contributed by atoms with Gasteiger partial charge in [-0.25, -0.2) is 0 Å². The fraction of sp³-hybridized carbons (Fsp3) is 0.562. The number of hydrogen-bond acceptors (Lipinski definition) is 1. The SMILES string of the molecule is CC(C)c1cccc(C(C)C)c1N([Si](C)(C)C)[Si@@]1([Si]([Si](C)(C)C)([Si](C)(C)C)[Si](C)(C)C)C=C1c1ccccc1. The van der Waals surface area contributed by atoms with Crippen molar-refractivity contribution in [3.63, 3.8) is 0 Å². The number of nitrogens with zero attached hydrogens (tertiary/aromatic N) is 1. The maximum Gasteiger partial charge on any atom is 0.184 e. The van der Waals surface area contributed by atoms with Crippen LogP contribution in [0.15, 0.2) is 54.2 Å². The minimum atomic E-state index is -2.16. The lowest BCUT2D eigenvalue weighted by molar-refractivity contribution is 0.835. The Kier molecular flexibility index (Phi) is 8.85. The zero-order chi connectivity index (χ0) is 30.0. The minimum absolute atomic E-state index is 0.518. The van der Waals surface area contributed by atoms with E-state index in [9.17, 15) is 0 Å². The predicted molar refractivity (Wildman–Crippen MR) is 196 cm³/mol. The van der Waals surface area contributed by atoms with Crippen molar-refractivity contribution in [2.24, 2.45) is 0 Å². The van der Waals surface area contributed by atoms with Gasteiger partial charge in [-0.1, -0.05) is 160 Å². The van der Waals surface area contributed by atoms with Crippen molar-refractivity contribution in [1.29, 1.82) is 0 Å². The second-order valence-electron chi connectivity index (χ2n) is 16.8. The largest absolute Gasteiger partial charge is 0.420 e. The van der Waals surface area contributed by atoms with Crippen molar-refractivity contribution in [3.05, 3.63) is 70.9 Å². The molecule has 2 aromatic carbocycles. The Morgan fingerprint density at radius 2 is 0.974 bits per heavy atom. The number of anilines is 1. The van der Waals surface area contributed by atoms with E-state index < -0.39 is 44.9 Å². The van der Waals surface area contributed by atoms with Gasteiger partial charge < -0.3 is 4.23 Å². The predicted octanol–water partition coefficient (Wildman–Crippen LogP) is 10.5. The van der Waals surface area contributed by atoms with Crippen LogP contribution >= 0.6 is 0 Å². The summed E-state index contributed by atoms with van der Waals surface area (Å²) in [5.74, 6) is 1.04. The molecule has 0 aromatic heterocycles. The number of hydrogen-bond donors (Lipinski definition) is 0. The summed E-state index contributed by atoms with van der Waals surface area (Å²) >= 11 is 0. The molecule has 1 atom stereocenters. The molecule has 0 fully saturated rings. The Morgan fingerprint density at radius 3 is 1.31 bits per heavy atom. The van der Waals surface area contributed by atoms with E-state index >= 15 is 0 Å². The normalized spacial score (nSPS) is 19.0. The minimum Gasteiger partial charge on any atom is -0.420 e. The summed E-state index contributed by atoms with van der Waals surface area (Å²) in [5, 5.41) is 1.82. The highest BCUT2D eigenvalue weighted by molar-refractivity contribution is 8.10. The number of rotatable bonds is 10. The van der Waals surface area contributed by atoms with E-state index in [-0.39, 0.29) is 0 Å². The third-order valence-corrected chi connectivity index (χ3v) is 122. The summed E-state index contributed by atoms with van der Waals surface area (Å²) in [5.41, 5.74) is 9.39. The van der Waals surface area contributed by atoms with Crippen molar-refractivity contribution < 1.29 is 0 Å². The molecule has 0 aliphatic carbocycles. The van der Waals surface area contributed by atoms with Crippen LogP contribution in [-0.4, -0.2) is 44.9 Å². The lowest BCUT2D eigenvalue weighted by atomic mass is 9.93. The maximum absolute atomic E-state index is 3.34. The van der Waals surface area contributed by atoms with Crippen molar-refractivity contribution in [2.45, 2.75) is 118 Å². The second-order valence-corrected chi connectivity index (χ2v) is 73.6. The van der Waals surface area contributed by atoms with Crippen LogP contribution in [0.5, 0.6) is 0 Å². The van der Waals surface area contributed by atoms with E-state index in [4.69, 9.17) is 0 Å². The van der Waals surface area contributed by atoms with E-state index in [1.54, 1.807) is 16.8 Å². The molecule has 0 radical (unpaired) electrons. The first-order chi connectivity index (χ1) is 17.6. The topological polar surface area (TPSA) is 3.24 Å². The van der Waals surface area contributed by atoms with E-state index in [0.29, 0.717) is 11.8 Å². The number of benzene rings is 2. The van der Waals surface area contributed by atoms with Gasteiger partial charge in [-0.05, 0) is 33.7 Å². The van der Waals surface area contributed by atoms with Gasteiger partial charge in [-0.3, -0.25) is 0 Å². The third kappa shape index (κ3) is 5.22. The van der Waals surface area contributed by atoms with Gasteiger partial charge in [0, 0.05) is 28.5 Å². The molecular formula is C32H59NSi6. The monoisotopic (exact) mass is 625 g/mol. The fourth-order valence-corrected chi connectivity index (χ4v) is 172. The highest BCUT2D eigenvalue weighted by Crippen LogP contribution is 2.60. The molecule has 1 heterocycles. The second kappa shape index (κ2) is 10.5. The quantitative estimate of drug-likeness (QED) is 0.237. The molecule has 0 N–H and O–H groups in total. The molecule has 0 saturated carbocycles. The van der Waals surface area contributed by atoms with Crippen molar-refractivity contribution in [3.8, 4) is 0 Å². The van der Waals surface area contributed by atoms with Crippen LogP contribution < -0.4 is 4.23 Å². The summed E-state index contributed by atoms with van der Waals surface area (Å²) in [6.07, 6.45) is -1.81. The van der Waals surface area contributed by atoms with Gasteiger partial charge in [0.25, 0.3) is 0 Å². The van der Waals surface area contributed by atoms with Crippen LogP contribution in [0.2, 0.25) is 78.6 Å². The Balaban J connectivity index is 2.65. The molecule has 1 aliphatic rings. The standard InChI is InChI=1S/C32H59NSi6/c1-26(2)29-23-20-24-30(27(3)4)32(29)33(34(5,6)7)38(25-31(38)28-21-18-17-19-22-28)39(35(8,9)10,36(11,12)13)37(14,15)16/h17-27H,1-16H3/t38-/m1/s1. The van der Waals surface area contributed by atoms with Crippen LogP contribution in [0.25, 0.3) is 5.20 Å². The summed E-state index contributed by atoms with van der Waals surface area (Å²) in [7, 11) is -8.69. The highest BCUT2D eigenvalue weighted by atomic mass is 30.2. The van der Waals surface area contributed by atoms with Crippen molar-refractivity contribution in [2.75, 3.05) is 4.23 Å². The van der Waals surface area contributed by atoms with Gasteiger partial charge in [-0.2, -0.15) is 0 Å². The third-order valence-electron chi connectivity index (χ3n) is 9.30. The first-order valence-electron chi connectivity index (χ1n) is 15.3. The molecule has 0 spiro atoms. The van der Waals surface area contributed by atoms with E-state index in [1.807, 2.05) is 5.20 Å². The molecule has 0 bridgehead atoms. The molecular weight excluding hydrogens is 567 g/mol. The van der Waals surface area contributed by atoms with Gasteiger partial charge >= 0.3 is 0 Å². The Hall–Kier alpha value is -0.719. The molecule has 216 valence electrons. The van der Waals surface area contributed by atoms with E-state index in [0.717, 1.165) is 0 Å². The first kappa shape index (κ1) is 32.8. The van der Waals surface area contributed by atoms with Crippen molar-refractivity contribution in [1.82, 2.24) is 0 Å². The summed E-state index contributed by atoms with van der Waals surface area (Å²) in [4.78, 5) is 0. The van der Waals surface area contributed by atoms with Crippen LogP contribution in [0.4, 0.5) is 5.69 Å². The van der Waals surface area contributed by atoms with Gasteiger partial charge in [0.2, 0.25) is 0 Å². The zero-order valence-electron chi connectivity index (χ0n) is 28.3. The molecule has 39 heavy (non-hydrogen) atoms. The van der Waals surface area contributed by atoms with Gasteiger partial charge in [0.1, 0.15) is 8.24 Å². The van der Waals surface area contributed by atoms with E-state index in [1.165, 1.54) is 5.56 Å². The molecule has 1 aliphatic heterocycles. The zero-order valence-corrected chi connectivity index (χ0v) is 34.3.